The first-order valence-electron chi connectivity index (χ1n) is 6.07. The maximum atomic E-state index is 9.26. The average molecular weight is 272 g/mol. The highest BCUT2D eigenvalue weighted by Crippen LogP contribution is 2.26. The van der Waals surface area contributed by atoms with E-state index in [1.807, 2.05) is 44.2 Å². The minimum absolute atomic E-state index is 0.217. The minimum Gasteiger partial charge on any atom is -0.508 e. The van der Waals surface area contributed by atoms with Crippen LogP contribution >= 0.6 is 12.2 Å². The van der Waals surface area contributed by atoms with E-state index in [1.54, 1.807) is 24.3 Å². The number of aromatic hydroxyl groups is 1. The number of phenols is 1. The Hall–Kier alpha value is -1.87. The molecule has 98 valence electrons. The molecule has 0 heterocycles. The summed E-state index contributed by atoms with van der Waals surface area (Å²) >= 11 is 5.31. The predicted octanol–water partition coefficient (Wildman–Crippen LogP) is 4.02. The Morgan fingerprint density at radius 1 is 1.00 bits per heavy atom. The van der Waals surface area contributed by atoms with Crippen LogP contribution in [-0.2, 0) is 10.3 Å². The largest absolute Gasteiger partial charge is 0.508 e. The zero-order valence-electron chi connectivity index (χ0n) is 11.0. The Morgan fingerprint density at radius 3 is 2.16 bits per heavy atom. The van der Waals surface area contributed by atoms with Crippen LogP contribution in [0.3, 0.4) is 0 Å². The normalized spacial score (nSPS) is 11.1. The summed E-state index contributed by atoms with van der Waals surface area (Å²) in [4.78, 5) is 0. The summed E-state index contributed by atoms with van der Waals surface area (Å²) in [6.07, 6.45) is 0. The maximum Gasteiger partial charge on any atom is 0.192 e. The van der Waals surface area contributed by atoms with E-state index in [2.05, 4.69) is 0 Å². The third kappa shape index (κ3) is 3.32. The first-order chi connectivity index (χ1) is 8.99. The Morgan fingerprint density at radius 2 is 1.58 bits per heavy atom. The summed E-state index contributed by atoms with van der Waals surface area (Å²) in [5.41, 5.74) is 1.36. The lowest BCUT2D eigenvalue weighted by Gasteiger charge is -2.27. The van der Waals surface area contributed by atoms with Crippen LogP contribution in [0.4, 0.5) is 0 Å². The van der Waals surface area contributed by atoms with E-state index in [0.29, 0.717) is 5.05 Å². The molecule has 0 aliphatic carbocycles. The van der Waals surface area contributed by atoms with E-state index < -0.39 is 5.60 Å². The van der Waals surface area contributed by atoms with Crippen LogP contribution in [-0.4, -0.2) is 10.2 Å². The van der Waals surface area contributed by atoms with E-state index in [4.69, 9.17) is 17.0 Å². The summed E-state index contributed by atoms with van der Waals surface area (Å²) in [5.74, 6) is 0.217. The van der Waals surface area contributed by atoms with Crippen LogP contribution in [0, 0.1) is 0 Å². The Balaban J connectivity index is 2.16. The molecule has 2 rings (SSSR count). The summed E-state index contributed by atoms with van der Waals surface area (Å²) in [6.45, 7) is 3.96. The van der Waals surface area contributed by atoms with Crippen molar-refractivity contribution in [2.24, 2.45) is 0 Å². The molecule has 0 spiro atoms. The van der Waals surface area contributed by atoms with Crippen molar-refractivity contribution in [3.05, 3.63) is 65.7 Å². The van der Waals surface area contributed by atoms with E-state index in [0.717, 1.165) is 11.1 Å². The van der Waals surface area contributed by atoms with Crippen LogP contribution in [0.15, 0.2) is 54.6 Å². The van der Waals surface area contributed by atoms with Crippen molar-refractivity contribution in [2.75, 3.05) is 0 Å². The molecule has 0 amide bonds. The zero-order chi connectivity index (χ0) is 13.9. The highest BCUT2D eigenvalue weighted by Gasteiger charge is 2.23. The van der Waals surface area contributed by atoms with Crippen molar-refractivity contribution in [3.63, 3.8) is 0 Å². The third-order valence-electron chi connectivity index (χ3n) is 2.92. The molecule has 0 atom stereocenters. The third-order valence-corrected chi connectivity index (χ3v) is 3.24. The van der Waals surface area contributed by atoms with Gasteiger partial charge in [0, 0.05) is 5.56 Å². The van der Waals surface area contributed by atoms with Crippen molar-refractivity contribution in [1.29, 1.82) is 0 Å². The van der Waals surface area contributed by atoms with Crippen LogP contribution in [0.2, 0.25) is 0 Å². The number of hydrogen-bond donors (Lipinski definition) is 1. The molecule has 2 aromatic rings. The fraction of sp³-hybridized carbons (Fsp3) is 0.188. The zero-order valence-corrected chi connectivity index (χ0v) is 11.8. The second-order valence-electron chi connectivity index (χ2n) is 4.81. The van der Waals surface area contributed by atoms with E-state index in [1.165, 1.54) is 0 Å². The molecule has 2 aromatic carbocycles. The SMILES string of the molecule is CC(C)(OC(=S)c1ccc(O)cc1)c1ccccc1. The molecule has 0 saturated carbocycles. The lowest BCUT2D eigenvalue weighted by atomic mass is 9.98. The van der Waals surface area contributed by atoms with E-state index in [9.17, 15) is 5.11 Å². The van der Waals surface area contributed by atoms with Gasteiger partial charge in [0.2, 0.25) is 0 Å². The number of rotatable bonds is 3. The van der Waals surface area contributed by atoms with Gasteiger partial charge in [0.05, 0.1) is 0 Å². The Labute approximate surface area is 118 Å². The fourth-order valence-electron chi connectivity index (χ4n) is 1.79. The van der Waals surface area contributed by atoms with Gasteiger partial charge in [0.25, 0.3) is 0 Å². The number of phenolic OH excluding ortho intramolecular Hbond substituents is 1. The van der Waals surface area contributed by atoms with Crippen LogP contribution in [0.25, 0.3) is 0 Å². The summed E-state index contributed by atoms with van der Waals surface area (Å²) < 4.78 is 5.90. The maximum absolute atomic E-state index is 9.26. The van der Waals surface area contributed by atoms with Gasteiger partial charge < -0.3 is 9.84 Å². The van der Waals surface area contributed by atoms with Crippen molar-refractivity contribution >= 4 is 17.3 Å². The Bertz CT molecular complexity index is 559. The first kappa shape index (κ1) is 13.6. The number of hydrogen-bond acceptors (Lipinski definition) is 3. The lowest BCUT2D eigenvalue weighted by molar-refractivity contribution is 0.0999. The molecule has 0 aromatic heterocycles. The Kier molecular flexibility index (Phi) is 3.86. The van der Waals surface area contributed by atoms with Gasteiger partial charge in [-0.1, -0.05) is 30.3 Å². The van der Waals surface area contributed by atoms with Gasteiger partial charge in [0.15, 0.2) is 5.05 Å². The topological polar surface area (TPSA) is 29.5 Å². The summed E-state index contributed by atoms with van der Waals surface area (Å²) in [6, 6.07) is 16.6. The second kappa shape index (κ2) is 5.41. The van der Waals surface area contributed by atoms with Gasteiger partial charge in [-0.2, -0.15) is 0 Å². The molecule has 0 bridgehead atoms. The summed E-state index contributed by atoms with van der Waals surface area (Å²) in [7, 11) is 0. The van der Waals surface area contributed by atoms with Crippen LogP contribution < -0.4 is 0 Å². The molecule has 0 radical (unpaired) electrons. The van der Waals surface area contributed by atoms with Gasteiger partial charge >= 0.3 is 0 Å². The monoisotopic (exact) mass is 272 g/mol. The van der Waals surface area contributed by atoms with Crippen molar-refractivity contribution in [2.45, 2.75) is 19.4 Å². The van der Waals surface area contributed by atoms with Gasteiger partial charge in [0.1, 0.15) is 11.4 Å². The molecular weight excluding hydrogens is 256 g/mol. The molecule has 3 heteroatoms. The van der Waals surface area contributed by atoms with Crippen molar-refractivity contribution in [3.8, 4) is 5.75 Å². The second-order valence-corrected chi connectivity index (χ2v) is 5.18. The van der Waals surface area contributed by atoms with Gasteiger partial charge in [-0.05, 0) is 55.9 Å². The van der Waals surface area contributed by atoms with Crippen LogP contribution in [0.1, 0.15) is 25.0 Å². The van der Waals surface area contributed by atoms with Crippen LogP contribution in [0.5, 0.6) is 5.75 Å². The van der Waals surface area contributed by atoms with Gasteiger partial charge in [-0.25, -0.2) is 0 Å². The molecule has 2 nitrogen and oxygen atoms in total. The average Bonchev–Trinajstić information content (AvgIpc) is 2.40. The smallest absolute Gasteiger partial charge is 0.192 e. The molecule has 0 aliphatic rings. The molecule has 1 N–H and O–H groups in total. The molecule has 0 aliphatic heterocycles. The van der Waals surface area contributed by atoms with Gasteiger partial charge in [-0.3, -0.25) is 0 Å². The summed E-state index contributed by atoms with van der Waals surface area (Å²) in [5, 5.41) is 9.69. The quantitative estimate of drug-likeness (QED) is 0.856. The lowest BCUT2D eigenvalue weighted by Crippen LogP contribution is -2.25. The molecular formula is C16H16O2S. The highest BCUT2D eigenvalue weighted by atomic mass is 32.1. The van der Waals surface area contributed by atoms with Gasteiger partial charge in [-0.15, -0.1) is 0 Å². The van der Waals surface area contributed by atoms with E-state index in [-0.39, 0.29) is 5.75 Å². The molecule has 0 saturated heterocycles. The first-order valence-corrected chi connectivity index (χ1v) is 6.48. The minimum atomic E-state index is -0.490. The molecule has 0 unspecified atom stereocenters. The standard InChI is InChI=1S/C16H16O2S/c1-16(2,13-6-4-3-5-7-13)18-15(19)12-8-10-14(17)11-9-12/h3-11,17H,1-2H3. The molecule has 19 heavy (non-hydrogen) atoms. The van der Waals surface area contributed by atoms with Crippen molar-refractivity contribution < 1.29 is 9.84 Å². The van der Waals surface area contributed by atoms with E-state index >= 15 is 0 Å². The molecule has 0 fully saturated rings. The number of benzene rings is 2. The highest BCUT2D eigenvalue weighted by molar-refractivity contribution is 7.80. The number of thiocarbonyl (C=S) groups is 1. The fourth-order valence-corrected chi connectivity index (χ4v) is 2.13. The number of ether oxygens (including phenoxy) is 1. The predicted molar refractivity (Wildman–Crippen MR) is 80.4 cm³/mol. The van der Waals surface area contributed by atoms with Crippen molar-refractivity contribution in [1.82, 2.24) is 0 Å².